The van der Waals surface area contributed by atoms with Gasteiger partial charge in [-0.1, -0.05) is 25.4 Å². The van der Waals surface area contributed by atoms with Crippen molar-refractivity contribution >= 4 is 40.1 Å². The number of aromatic amines is 1. The molecule has 1 aliphatic heterocycles. The summed E-state index contributed by atoms with van der Waals surface area (Å²) in [4.78, 5) is 31.6. The molecule has 0 saturated carbocycles. The molecule has 1 aromatic heterocycles. The van der Waals surface area contributed by atoms with Crippen molar-refractivity contribution in [2.75, 3.05) is 32.1 Å². The molecule has 1 aromatic carbocycles. The summed E-state index contributed by atoms with van der Waals surface area (Å²) in [6, 6.07) is 5.10. The number of rotatable bonds is 4. The Morgan fingerprint density at radius 2 is 2.07 bits per heavy atom. The summed E-state index contributed by atoms with van der Waals surface area (Å²) >= 11 is 6.18. The first-order chi connectivity index (χ1) is 13.1. The summed E-state index contributed by atoms with van der Waals surface area (Å²) in [5.74, 6) is -0.542. The predicted molar refractivity (Wildman–Crippen MR) is 111 cm³/mol. The highest BCUT2D eigenvalue weighted by Gasteiger charge is 2.37. The highest BCUT2D eigenvalue weighted by molar-refractivity contribution is 6.31. The van der Waals surface area contributed by atoms with Gasteiger partial charge in [-0.2, -0.15) is 0 Å². The van der Waals surface area contributed by atoms with Crippen molar-refractivity contribution < 1.29 is 19.2 Å². The minimum Gasteiger partial charge on any atom is -0.464 e. The zero-order chi connectivity index (χ0) is 20.6. The van der Waals surface area contributed by atoms with Gasteiger partial charge in [-0.15, -0.1) is 0 Å². The van der Waals surface area contributed by atoms with Crippen LogP contribution in [0.25, 0.3) is 10.9 Å². The third-order valence-electron chi connectivity index (χ3n) is 5.83. The van der Waals surface area contributed by atoms with Crippen molar-refractivity contribution in [3.63, 3.8) is 0 Å². The van der Waals surface area contributed by atoms with Crippen molar-refractivity contribution in [1.29, 1.82) is 0 Å². The molecule has 0 bridgehead atoms. The lowest BCUT2D eigenvalue weighted by Crippen LogP contribution is -3.18. The molecule has 2 atom stereocenters. The Hall–Kier alpha value is -2.05. The molecule has 1 aliphatic rings. The molecule has 0 spiro atoms. The van der Waals surface area contributed by atoms with E-state index in [9.17, 15) is 9.59 Å². The van der Waals surface area contributed by atoms with Crippen molar-refractivity contribution in [2.45, 2.75) is 39.7 Å². The average molecular weight is 407 g/mol. The number of benzene rings is 1. The summed E-state index contributed by atoms with van der Waals surface area (Å²) in [6.45, 7) is 8.41. The van der Waals surface area contributed by atoms with Crippen molar-refractivity contribution in [2.24, 2.45) is 5.41 Å². The van der Waals surface area contributed by atoms with Crippen LogP contribution in [-0.2, 0) is 9.53 Å². The third kappa shape index (κ3) is 3.89. The number of carbonyl (C=O) groups excluding carboxylic acids is 2. The van der Waals surface area contributed by atoms with E-state index >= 15 is 0 Å². The number of halogens is 1. The Kier molecular flexibility index (Phi) is 5.73. The van der Waals surface area contributed by atoms with Gasteiger partial charge in [0.05, 0.1) is 25.9 Å². The topological polar surface area (TPSA) is 66.8 Å². The van der Waals surface area contributed by atoms with Crippen LogP contribution in [0, 0.1) is 5.41 Å². The number of esters is 1. The lowest BCUT2D eigenvalue weighted by molar-refractivity contribution is -0.925. The van der Waals surface area contributed by atoms with Gasteiger partial charge in [0.25, 0.3) is 5.91 Å². The van der Waals surface area contributed by atoms with E-state index < -0.39 is 5.97 Å². The molecule has 28 heavy (non-hydrogen) atoms. The lowest BCUT2D eigenvalue weighted by Gasteiger charge is -2.38. The number of H-pyrrole nitrogens is 1. The molecule has 7 heteroatoms. The number of nitrogens with one attached hydrogen (secondary N) is 2. The molecule has 2 aromatic rings. The van der Waals surface area contributed by atoms with Crippen LogP contribution in [0.5, 0.6) is 0 Å². The van der Waals surface area contributed by atoms with E-state index in [4.69, 9.17) is 16.3 Å². The van der Waals surface area contributed by atoms with Crippen molar-refractivity contribution in [3.05, 3.63) is 28.9 Å². The highest BCUT2D eigenvalue weighted by atomic mass is 35.5. The Bertz CT molecular complexity index is 906. The van der Waals surface area contributed by atoms with E-state index in [-0.39, 0.29) is 23.1 Å². The van der Waals surface area contributed by atoms with Gasteiger partial charge in [-0.3, -0.25) is 4.79 Å². The first-order valence-electron chi connectivity index (χ1n) is 9.66. The van der Waals surface area contributed by atoms with E-state index in [1.807, 2.05) is 6.92 Å². The second-order valence-corrected chi connectivity index (χ2v) is 8.94. The standard InChI is InChI=1S/C21H28ClN3O3/c1-13(25-10-6-9-21(2,3)12-25)19(26)24(4)18-15-11-14(22)7-8-16(15)23-17(18)20(27)28-5/h7-8,11,13,23H,6,9-10,12H2,1-5H3/p+1/t13-/m0/s1. The molecule has 2 N–H and O–H groups in total. The number of anilines is 1. The molecule has 1 amide bonds. The molecular formula is C21H29ClN3O3+. The fourth-order valence-corrected chi connectivity index (χ4v) is 4.45. The molecule has 6 nitrogen and oxygen atoms in total. The number of methoxy groups -OCH3 is 1. The highest BCUT2D eigenvalue weighted by Crippen LogP contribution is 2.33. The molecule has 0 radical (unpaired) electrons. The summed E-state index contributed by atoms with van der Waals surface area (Å²) in [5.41, 5.74) is 1.74. The molecule has 1 saturated heterocycles. The van der Waals surface area contributed by atoms with E-state index in [1.54, 1.807) is 30.1 Å². The fourth-order valence-electron chi connectivity index (χ4n) is 4.28. The number of fused-ring (bicyclic) bond motifs is 1. The lowest BCUT2D eigenvalue weighted by atomic mass is 9.83. The van der Waals surface area contributed by atoms with Crippen LogP contribution >= 0.6 is 11.6 Å². The number of piperidine rings is 1. The van der Waals surface area contributed by atoms with Gasteiger partial charge in [0.2, 0.25) is 0 Å². The number of likely N-dealkylation sites (tertiary alicyclic amines) is 1. The minimum absolute atomic E-state index is 0.0290. The first kappa shape index (κ1) is 20.7. The quantitative estimate of drug-likeness (QED) is 0.767. The van der Waals surface area contributed by atoms with E-state index in [1.165, 1.54) is 18.4 Å². The van der Waals surface area contributed by atoms with Crippen LogP contribution in [0.2, 0.25) is 5.02 Å². The van der Waals surface area contributed by atoms with Crippen molar-refractivity contribution in [3.8, 4) is 0 Å². The maximum atomic E-state index is 13.3. The zero-order valence-corrected chi connectivity index (χ0v) is 17.9. The number of aromatic nitrogens is 1. The molecule has 2 heterocycles. The number of hydrogen-bond acceptors (Lipinski definition) is 3. The summed E-state index contributed by atoms with van der Waals surface area (Å²) in [7, 11) is 3.04. The molecule has 1 fully saturated rings. The summed E-state index contributed by atoms with van der Waals surface area (Å²) < 4.78 is 4.92. The first-order valence-corrected chi connectivity index (χ1v) is 10.0. The van der Waals surface area contributed by atoms with E-state index in [0.29, 0.717) is 10.7 Å². The molecule has 1 unspecified atom stereocenters. The SMILES string of the molecule is COC(=O)c1[nH]c2ccc(Cl)cc2c1N(C)C(=O)[C@H](C)[NH+]1CCCC(C)(C)C1. The number of amides is 1. The van der Waals surface area contributed by atoms with Crippen LogP contribution in [0.4, 0.5) is 5.69 Å². The molecule has 152 valence electrons. The average Bonchev–Trinajstić information content (AvgIpc) is 3.03. The largest absolute Gasteiger partial charge is 0.464 e. The number of carbonyl (C=O) groups is 2. The second-order valence-electron chi connectivity index (χ2n) is 8.50. The monoisotopic (exact) mass is 406 g/mol. The number of nitrogens with zero attached hydrogens (tertiary/aromatic N) is 1. The Labute approximate surface area is 170 Å². The molecule has 3 rings (SSSR count). The van der Waals surface area contributed by atoms with Crippen molar-refractivity contribution in [1.82, 2.24) is 4.98 Å². The van der Waals surface area contributed by atoms with Gasteiger partial charge in [0.1, 0.15) is 5.69 Å². The predicted octanol–water partition coefficient (Wildman–Crippen LogP) is 2.66. The van der Waals surface area contributed by atoms with Gasteiger partial charge < -0.3 is 19.5 Å². The van der Waals surface area contributed by atoms with E-state index in [0.717, 1.165) is 30.4 Å². The Morgan fingerprint density at radius 3 is 2.71 bits per heavy atom. The summed E-state index contributed by atoms with van der Waals surface area (Å²) in [5, 5.41) is 1.27. The van der Waals surface area contributed by atoms with Gasteiger partial charge in [0.15, 0.2) is 6.04 Å². The van der Waals surface area contributed by atoms with Gasteiger partial charge in [-0.05, 0) is 38.0 Å². The van der Waals surface area contributed by atoms with Gasteiger partial charge in [0, 0.05) is 28.4 Å². The van der Waals surface area contributed by atoms with Crippen LogP contribution in [0.3, 0.4) is 0 Å². The Balaban J connectivity index is 1.97. The van der Waals surface area contributed by atoms with Crippen LogP contribution in [0.15, 0.2) is 18.2 Å². The van der Waals surface area contributed by atoms with Crippen LogP contribution < -0.4 is 9.80 Å². The maximum absolute atomic E-state index is 13.3. The minimum atomic E-state index is -0.513. The van der Waals surface area contributed by atoms with E-state index in [2.05, 4.69) is 18.8 Å². The smallest absolute Gasteiger partial charge is 0.356 e. The molecule has 0 aliphatic carbocycles. The van der Waals surface area contributed by atoms with Gasteiger partial charge in [-0.25, -0.2) is 4.79 Å². The number of ether oxygens (including phenoxy) is 1. The zero-order valence-electron chi connectivity index (χ0n) is 17.2. The van der Waals surface area contributed by atoms with Gasteiger partial charge >= 0.3 is 5.97 Å². The molecular weight excluding hydrogens is 378 g/mol. The second kappa shape index (κ2) is 7.76. The van der Waals surface area contributed by atoms with Crippen LogP contribution in [0.1, 0.15) is 44.1 Å². The third-order valence-corrected chi connectivity index (χ3v) is 6.06. The number of hydrogen-bond donors (Lipinski definition) is 2. The normalized spacial score (nSPS) is 20.0. The number of likely N-dealkylation sites (N-methyl/N-ethyl adjacent to an activating group) is 1. The fraction of sp³-hybridized carbons (Fsp3) is 0.524. The maximum Gasteiger partial charge on any atom is 0.356 e. The van der Waals surface area contributed by atoms with Crippen LogP contribution in [-0.4, -0.2) is 50.1 Å². The number of quaternary nitrogens is 1. The summed E-state index contributed by atoms with van der Waals surface area (Å²) in [6.07, 6.45) is 2.29. The Morgan fingerprint density at radius 1 is 1.36 bits per heavy atom.